The predicted molar refractivity (Wildman–Crippen MR) is 70.8 cm³/mol. The van der Waals surface area contributed by atoms with Crippen molar-refractivity contribution in [2.45, 2.75) is 6.92 Å². The van der Waals surface area contributed by atoms with Gasteiger partial charge in [-0.05, 0) is 62.5 Å². The van der Waals surface area contributed by atoms with Crippen LogP contribution in [-0.4, -0.2) is 4.98 Å². The Morgan fingerprint density at radius 2 is 2.00 bits per heavy atom. The summed E-state index contributed by atoms with van der Waals surface area (Å²) in [6, 6.07) is 6.86. The highest BCUT2D eigenvalue weighted by molar-refractivity contribution is 9.10. The molecule has 1 heterocycles. The number of benzene rings is 1. The third-order valence-corrected chi connectivity index (χ3v) is 3.12. The molecule has 0 unspecified atom stereocenters. The number of halogens is 3. The van der Waals surface area contributed by atoms with Crippen LogP contribution >= 0.6 is 31.9 Å². The van der Waals surface area contributed by atoms with E-state index in [1.807, 2.05) is 19.1 Å². The van der Waals surface area contributed by atoms with E-state index >= 15 is 0 Å². The van der Waals surface area contributed by atoms with Gasteiger partial charge in [-0.25, -0.2) is 9.37 Å². The number of aryl methyl sites for hydroxylation is 1. The maximum absolute atomic E-state index is 13.5. The molecule has 17 heavy (non-hydrogen) atoms. The second-order valence-corrected chi connectivity index (χ2v) is 5.25. The first kappa shape index (κ1) is 12.5. The van der Waals surface area contributed by atoms with Gasteiger partial charge in [-0.3, -0.25) is 0 Å². The molecule has 0 radical (unpaired) electrons. The van der Waals surface area contributed by atoms with Crippen molar-refractivity contribution in [2.75, 3.05) is 0 Å². The summed E-state index contributed by atoms with van der Waals surface area (Å²) >= 11 is 6.50. The zero-order valence-electron chi connectivity index (χ0n) is 8.88. The van der Waals surface area contributed by atoms with E-state index in [1.54, 1.807) is 6.07 Å². The van der Waals surface area contributed by atoms with Gasteiger partial charge in [0, 0.05) is 10.7 Å². The van der Waals surface area contributed by atoms with E-state index in [4.69, 9.17) is 4.74 Å². The molecule has 0 aliphatic carbocycles. The van der Waals surface area contributed by atoms with E-state index in [0.717, 1.165) is 10.0 Å². The minimum absolute atomic E-state index is 0.0437. The number of hydrogen-bond acceptors (Lipinski definition) is 2. The molecule has 0 amide bonds. The van der Waals surface area contributed by atoms with Gasteiger partial charge in [-0.2, -0.15) is 0 Å². The Morgan fingerprint density at radius 3 is 2.65 bits per heavy atom. The summed E-state index contributed by atoms with van der Waals surface area (Å²) in [4.78, 5) is 3.87. The number of aromatic nitrogens is 1. The van der Waals surface area contributed by atoms with Crippen LogP contribution in [0.1, 0.15) is 5.56 Å². The summed E-state index contributed by atoms with van der Waals surface area (Å²) in [6.45, 7) is 1.97. The molecule has 0 aliphatic heterocycles. The minimum Gasteiger partial charge on any atom is -0.435 e. The Kier molecular flexibility index (Phi) is 3.79. The van der Waals surface area contributed by atoms with Crippen molar-refractivity contribution in [1.29, 1.82) is 0 Å². The van der Waals surface area contributed by atoms with Crippen molar-refractivity contribution in [2.24, 2.45) is 0 Å². The van der Waals surface area contributed by atoms with Crippen LogP contribution in [0, 0.1) is 12.7 Å². The van der Waals surface area contributed by atoms with Gasteiger partial charge >= 0.3 is 0 Å². The monoisotopic (exact) mass is 359 g/mol. The van der Waals surface area contributed by atoms with Crippen LogP contribution in [0.15, 0.2) is 39.4 Å². The maximum Gasteiger partial charge on any atom is 0.255 e. The summed E-state index contributed by atoms with van der Waals surface area (Å²) in [5.41, 5.74) is 1.09. The molecule has 5 heteroatoms. The smallest absolute Gasteiger partial charge is 0.255 e. The second kappa shape index (κ2) is 5.14. The standard InChI is InChI=1S/C12H8Br2FNO/c1-7-2-3-11(9(14)4-7)17-12-10(15)5-8(13)6-16-12/h2-6H,1H3. The molecule has 0 saturated carbocycles. The molecule has 2 nitrogen and oxygen atoms in total. The van der Waals surface area contributed by atoms with Gasteiger partial charge in [0.05, 0.1) is 4.47 Å². The highest BCUT2D eigenvalue weighted by atomic mass is 79.9. The number of hydrogen-bond donors (Lipinski definition) is 0. The largest absolute Gasteiger partial charge is 0.435 e. The van der Waals surface area contributed by atoms with E-state index in [9.17, 15) is 4.39 Å². The molecule has 0 spiro atoms. The lowest BCUT2D eigenvalue weighted by molar-refractivity contribution is 0.420. The number of nitrogens with zero attached hydrogens (tertiary/aromatic N) is 1. The average molecular weight is 361 g/mol. The molecule has 0 atom stereocenters. The van der Waals surface area contributed by atoms with E-state index < -0.39 is 5.82 Å². The van der Waals surface area contributed by atoms with Gasteiger partial charge in [-0.15, -0.1) is 0 Å². The molecule has 88 valence electrons. The maximum atomic E-state index is 13.5. The Labute approximate surface area is 115 Å². The Morgan fingerprint density at radius 1 is 1.24 bits per heavy atom. The van der Waals surface area contributed by atoms with Gasteiger partial charge < -0.3 is 4.74 Å². The van der Waals surface area contributed by atoms with Crippen molar-refractivity contribution in [3.63, 3.8) is 0 Å². The molecule has 0 N–H and O–H groups in total. The van der Waals surface area contributed by atoms with Crippen LogP contribution < -0.4 is 4.74 Å². The number of ether oxygens (including phenoxy) is 1. The zero-order chi connectivity index (χ0) is 12.4. The van der Waals surface area contributed by atoms with Crippen molar-refractivity contribution in [3.05, 3.63) is 50.8 Å². The first-order chi connectivity index (χ1) is 8.06. The molecular formula is C12H8Br2FNO. The molecule has 0 fully saturated rings. The lowest BCUT2D eigenvalue weighted by Crippen LogP contribution is -1.92. The summed E-state index contributed by atoms with van der Waals surface area (Å²) in [7, 11) is 0. The summed E-state index contributed by atoms with van der Waals surface area (Å²) in [5, 5.41) is 0. The van der Waals surface area contributed by atoms with E-state index in [2.05, 4.69) is 36.8 Å². The normalized spacial score (nSPS) is 10.4. The number of rotatable bonds is 2. The topological polar surface area (TPSA) is 22.1 Å². The fourth-order valence-electron chi connectivity index (χ4n) is 1.27. The number of pyridine rings is 1. The quantitative estimate of drug-likeness (QED) is 0.763. The molecule has 1 aromatic heterocycles. The SMILES string of the molecule is Cc1ccc(Oc2ncc(Br)cc2F)c(Br)c1. The van der Waals surface area contributed by atoms with Crippen LogP contribution in [0.4, 0.5) is 4.39 Å². The van der Waals surface area contributed by atoms with Crippen LogP contribution in [-0.2, 0) is 0 Å². The van der Waals surface area contributed by atoms with Gasteiger partial charge in [0.2, 0.25) is 0 Å². The van der Waals surface area contributed by atoms with Crippen LogP contribution in [0.25, 0.3) is 0 Å². The molecule has 2 aromatic rings. The predicted octanol–water partition coefficient (Wildman–Crippen LogP) is 4.85. The Balaban J connectivity index is 2.31. The highest BCUT2D eigenvalue weighted by Gasteiger charge is 2.09. The third-order valence-electron chi connectivity index (χ3n) is 2.07. The van der Waals surface area contributed by atoms with E-state index in [1.165, 1.54) is 12.3 Å². The lowest BCUT2D eigenvalue weighted by atomic mass is 10.2. The van der Waals surface area contributed by atoms with Crippen LogP contribution in [0.5, 0.6) is 11.6 Å². The van der Waals surface area contributed by atoms with Crippen molar-refractivity contribution >= 4 is 31.9 Å². The van der Waals surface area contributed by atoms with Crippen molar-refractivity contribution < 1.29 is 9.13 Å². The van der Waals surface area contributed by atoms with E-state index in [-0.39, 0.29) is 5.88 Å². The van der Waals surface area contributed by atoms with Crippen molar-refractivity contribution in [3.8, 4) is 11.6 Å². The summed E-state index contributed by atoms with van der Waals surface area (Å²) < 4.78 is 20.3. The van der Waals surface area contributed by atoms with Gasteiger partial charge in [0.1, 0.15) is 5.75 Å². The van der Waals surface area contributed by atoms with Gasteiger partial charge in [0.25, 0.3) is 5.88 Å². The van der Waals surface area contributed by atoms with Crippen LogP contribution in [0.2, 0.25) is 0 Å². The average Bonchev–Trinajstić information content (AvgIpc) is 2.25. The molecule has 2 rings (SSSR count). The highest BCUT2D eigenvalue weighted by Crippen LogP contribution is 2.31. The first-order valence-electron chi connectivity index (χ1n) is 4.81. The molecule has 0 aliphatic rings. The molecular weight excluding hydrogens is 353 g/mol. The van der Waals surface area contributed by atoms with Crippen molar-refractivity contribution in [1.82, 2.24) is 4.98 Å². The molecule has 0 bridgehead atoms. The lowest BCUT2D eigenvalue weighted by Gasteiger charge is -2.08. The molecule has 0 saturated heterocycles. The Bertz CT molecular complexity index is 511. The fraction of sp³-hybridized carbons (Fsp3) is 0.0833. The second-order valence-electron chi connectivity index (χ2n) is 3.48. The molecule has 1 aromatic carbocycles. The summed E-state index contributed by atoms with van der Waals surface area (Å²) in [6.07, 6.45) is 1.49. The third kappa shape index (κ3) is 3.04. The Hall–Kier alpha value is -0.940. The van der Waals surface area contributed by atoms with Gasteiger partial charge in [0.15, 0.2) is 5.82 Å². The zero-order valence-corrected chi connectivity index (χ0v) is 12.0. The summed E-state index contributed by atoms with van der Waals surface area (Å²) in [5.74, 6) is -0.0195. The van der Waals surface area contributed by atoms with Gasteiger partial charge in [-0.1, -0.05) is 6.07 Å². The minimum atomic E-state index is -0.508. The van der Waals surface area contributed by atoms with E-state index in [0.29, 0.717) is 10.2 Å². The van der Waals surface area contributed by atoms with Crippen LogP contribution in [0.3, 0.4) is 0 Å². The first-order valence-corrected chi connectivity index (χ1v) is 6.40. The fourth-order valence-corrected chi connectivity index (χ4v) is 2.15.